The monoisotopic (exact) mass is 212 g/mol. The predicted octanol–water partition coefficient (Wildman–Crippen LogP) is 3.69. The lowest BCUT2D eigenvalue weighted by Gasteiger charge is -1.96. The molecule has 82 valence electrons. The molecule has 0 aliphatic heterocycles. The maximum atomic E-state index is 10.8. The van der Waals surface area contributed by atoms with E-state index >= 15 is 0 Å². The lowest BCUT2D eigenvalue weighted by Crippen LogP contribution is -1.81. The van der Waals surface area contributed by atoms with Crippen molar-refractivity contribution in [3.8, 4) is 0 Å². The van der Waals surface area contributed by atoms with E-state index in [1.54, 1.807) is 0 Å². The van der Waals surface area contributed by atoms with Crippen LogP contribution in [0.25, 0.3) is 6.08 Å². The summed E-state index contributed by atoms with van der Waals surface area (Å²) in [5, 5.41) is 0. The molecule has 1 heteroatoms. The first-order valence-corrected chi connectivity index (χ1v) is 5.71. The summed E-state index contributed by atoms with van der Waals surface area (Å²) in [6.45, 7) is 2.08. The fraction of sp³-hybridized carbons (Fsp3) is 0.267. The highest BCUT2D eigenvalue weighted by molar-refractivity contribution is 5.77. The summed E-state index contributed by atoms with van der Waals surface area (Å²) in [6.07, 6.45) is 8.27. The molecule has 2 rings (SSSR count). The minimum absolute atomic E-state index is 0.942. The first-order chi connectivity index (χ1) is 7.79. The zero-order chi connectivity index (χ0) is 11.4. The molecule has 0 heterocycles. The van der Waals surface area contributed by atoms with Gasteiger partial charge in [0.15, 0.2) is 0 Å². The Balaban J connectivity index is 2.15. The third kappa shape index (κ3) is 2.48. The van der Waals surface area contributed by atoms with Gasteiger partial charge in [-0.15, -0.1) is 0 Å². The molecule has 0 unspecified atom stereocenters. The molecule has 0 amide bonds. The SMILES string of the molecule is Cc1ccc(C=CC2=C(C=O)CCC2)cc1. The summed E-state index contributed by atoms with van der Waals surface area (Å²) >= 11 is 0. The van der Waals surface area contributed by atoms with Crippen molar-refractivity contribution >= 4 is 12.4 Å². The molecule has 0 radical (unpaired) electrons. The van der Waals surface area contributed by atoms with Gasteiger partial charge in [0.1, 0.15) is 6.29 Å². The molecule has 0 atom stereocenters. The molecule has 1 aromatic rings. The standard InChI is InChI=1S/C15H16O/c1-12-5-7-13(8-6-12)9-10-14-3-2-4-15(14)11-16/h5-11H,2-4H2,1H3. The van der Waals surface area contributed by atoms with Gasteiger partial charge in [-0.2, -0.15) is 0 Å². The molecule has 1 aliphatic rings. The molecule has 0 bridgehead atoms. The Morgan fingerprint density at radius 1 is 1.00 bits per heavy atom. The lowest BCUT2D eigenvalue weighted by atomic mass is 10.1. The van der Waals surface area contributed by atoms with Crippen LogP contribution >= 0.6 is 0 Å². The zero-order valence-corrected chi connectivity index (χ0v) is 9.57. The number of rotatable bonds is 3. The molecule has 16 heavy (non-hydrogen) atoms. The molecule has 1 nitrogen and oxygen atoms in total. The molecule has 0 N–H and O–H groups in total. The van der Waals surface area contributed by atoms with Gasteiger partial charge >= 0.3 is 0 Å². The second-order valence-corrected chi connectivity index (χ2v) is 4.27. The van der Waals surface area contributed by atoms with E-state index in [0.717, 1.165) is 31.1 Å². The number of carbonyl (C=O) groups is 1. The molecular weight excluding hydrogens is 196 g/mol. The van der Waals surface area contributed by atoms with E-state index in [0.29, 0.717) is 0 Å². The molecule has 0 saturated carbocycles. The van der Waals surface area contributed by atoms with E-state index in [4.69, 9.17) is 0 Å². The number of carbonyl (C=O) groups excluding carboxylic acids is 1. The summed E-state index contributed by atoms with van der Waals surface area (Å²) in [5.41, 5.74) is 4.64. The van der Waals surface area contributed by atoms with Crippen molar-refractivity contribution < 1.29 is 4.79 Å². The highest BCUT2D eigenvalue weighted by Gasteiger charge is 2.10. The number of hydrogen-bond donors (Lipinski definition) is 0. The Labute approximate surface area is 96.5 Å². The van der Waals surface area contributed by atoms with Gasteiger partial charge in [-0.25, -0.2) is 0 Å². The van der Waals surface area contributed by atoms with Crippen LogP contribution in [0.3, 0.4) is 0 Å². The van der Waals surface area contributed by atoms with Crippen molar-refractivity contribution in [1.29, 1.82) is 0 Å². The quantitative estimate of drug-likeness (QED) is 0.698. The van der Waals surface area contributed by atoms with Crippen LogP contribution in [0.1, 0.15) is 30.4 Å². The van der Waals surface area contributed by atoms with Crippen LogP contribution in [0.5, 0.6) is 0 Å². The van der Waals surface area contributed by atoms with Crippen LogP contribution in [0.2, 0.25) is 0 Å². The fourth-order valence-electron chi connectivity index (χ4n) is 1.99. The maximum absolute atomic E-state index is 10.8. The predicted molar refractivity (Wildman–Crippen MR) is 67.2 cm³/mol. The summed E-state index contributed by atoms with van der Waals surface area (Å²) in [5.74, 6) is 0. The van der Waals surface area contributed by atoms with Crippen molar-refractivity contribution in [1.82, 2.24) is 0 Å². The number of aryl methyl sites for hydroxylation is 1. The smallest absolute Gasteiger partial charge is 0.146 e. The summed E-state index contributed by atoms with van der Waals surface area (Å²) < 4.78 is 0. The van der Waals surface area contributed by atoms with Gasteiger partial charge in [0.25, 0.3) is 0 Å². The zero-order valence-electron chi connectivity index (χ0n) is 9.57. The number of hydrogen-bond acceptors (Lipinski definition) is 1. The second-order valence-electron chi connectivity index (χ2n) is 4.27. The fourth-order valence-corrected chi connectivity index (χ4v) is 1.99. The van der Waals surface area contributed by atoms with Crippen molar-refractivity contribution in [3.63, 3.8) is 0 Å². The van der Waals surface area contributed by atoms with E-state index in [2.05, 4.69) is 43.3 Å². The van der Waals surface area contributed by atoms with Crippen LogP contribution in [-0.2, 0) is 4.79 Å². The van der Waals surface area contributed by atoms with E-state index in [1.807, 2.05) is 0 Å². The van der Waals surface area contributed by atoms with Gasteiger partial charge < -0.3 is 0 Å². The average Bonchev–Trinajstić information content (AvgIpc) is 2.76. The first-order valence-electron chi connectivity index (χ1n) is 5.71. The molecule has 0 aromatic heterocycles. The lowest BCUT2D eigenvalue weighted by molar-refractivity contribution is -0.105. The van der Waals surface area contributed by atoms with Crippen LogP contribution < -0.4 is 0 Å². The minimum atomic E-state index is 0.942. The van der Waals surface area contributed by atoms with Crippen LogP contribution in [0.15, 0.2) is 41.5 Å². The highest BCUT2D eigenvalue weighted by atomic mass is 16.1. The third-order valence-corrected chi connectivity index (χ3v) is 3.00. The maximum Gasteiger partial charge on any atom is 0.146 e. The summed E-state index contributed by atoms with van der Waals surface area (Å²) in [6, 6.07) is 8.40. The van der Waals surface area contributed by atoms with Gasteiger partial charge in [0.2, 0.25) is 0 Å². The molecule has 1 aliphatic carbocycles. The number of allylic oxidation sites excluding steroid dienone is 3. The minimum Gasteiger partial charge on any atom is -0.298 e. The Hall–Kier alpha value is -1.63. The van der Waals surface area contributed by atoms with Gasteiger partial charge in [0, 0.05) is 0 Å². The van der Waals surface area contributed by atoms with Gasteiger partial charge in [0.05, 0.1) is 0 Å². The Kier molecular flexibility index (Phi) is 3.35. The average molecular weight is 212 g/mol. The normalized spacial score (nSPS) is 16.1. The Morgan fingerprint density at radius 3 is 2.38 bits per heavy atom. The molecule has 0 saturated heterocycles. The van der Waals surface area contributed by atoms with E-state index in [9.17, 15) is 4.79 Å². The van der Waals surface area contributed by atoms with Gasteiger partial charge in [-0.1, -0.05) is 42.0 Å². The van der Waals surface area contributed by atoms with Gasteiger partial charge in [-0.3, -0.25) is 4.79 Å². The van der Waals surface area contributed by atoms with Crippen molar-refractivity contribution in [2.45, 2.75) is 26.2 Å². The van der Waals surface area contributed by atoms with Crippen molar-refractivity contribution in [3.05, 3.63) is 52.6 Å². The number of aldehydes is 1. The molecule has 1 aromatic carbocycles. The third-order valence-electron chi connectivity index (χ3n) is 3.00. The highest BCUT2D eigenvalue weighted by Crippen LogP contribution is 2.25. The summed E-state index contributed by atoms with van der Waals surface area (Å²) in [7, 11) is 0. The summed E-state index contributed by atoms with van der Waals surface area (Å²) in [4.78, 5) is 10.8. The van der Waals surface area contributed by atoms with Crippen LogP contribution in [0, 0.1) is 6.92 Å². The molecular formula is C15H16O. The number of benzene rings is 1. The van der Waals surface area contributed by atoms with Crippen LogP contribution in [-0.4, -0.2) is 6.29 Å². The topological polar surface area (TPSA) is 17.1 Å². The molecule has 0 spiro atoms. The van der Waals surface area contributed by atoms with E-state index in [-0.39, 0.29) is 0 Å². The largest absolute Gasteiger partial charge is 0.298 e. The Bertz CT molecular complexity index is 435. The van der Waals surface area contributed by atoms with Crippen molar-refractivity contribution in [2.24, 2.45) is 0 Å². The van der Waals surface area contributed by atoms with E-state index in [1.165, 1.54) is 16.7 Å². The van der Waals surface area contributed by atoms with Crippen LogP contribution in [0.4, 0.5) is 0 Å². The van der Waals surface area contributed by atoms with E-state index < -0.39 is 0 Å². The molecule has 0 fully saturated rings. The second kappa shape index (κ2) is 4.93. The first kappa shape index (κ1) is 10.9. The Morgan fingerprint density at radius 2 is 1.69 bits per heavy atom. The van der Waals surface area contributed by atoms with Gasteiger partial charge in [-0.05, 0) is 42.9 Å². The van der Waals surface area contributed by atoms with Crippen molar-refractivity contribution in [2.75, 3.05) is 0 Å².